The Bertz CT molecular complexity index is 642. The minimum atomic E-state index is 0.0416. The summed E-state index contributed by atoms with van der Waals surface area (Å²) in [7, 11) is 0. The summed E-state index contributed by atoms with van der Waals surface area (Å²) in [5.74, 6) is 0. The molecule has 1 N–H and O–H groups in total. The molecule has 0 spiro atoms. The Morgan fingerprint density at radius 2 is 1.57 bits per heavy atom. The van der Waals surface area contributed by atoms with Crippen molar-refractivity contribution in [3.05, 3.63) is 71.3 Å². The zero-order valence-corrected chi connectivity index (χ0v) is 13.7. The van der Waals surface area contributed by atoms with E-state index in [4.69, 9.17) is 4.74 Å². The Morgan fingerprint density at radius 1 is 0.913 bits per heavy atom. The molecule has 2 nitrogen and oxygen atoms in total. The highest BCUT2D eigenvalue weighted by Crippen LogP contribution is 2.35. The van der Waals surface area contributed by atoms with Crippen LogP contribution in [0.2, 0.25) is 0 Å². The van der Waals surface area contributed by atoms with Gasteiger partial charge in [-0.15, -0.1) is 0 Å². The third kappa shape index (κ3) is 3.19. The van der Waals surface area contributed by atoms with Crippen LogP contribution in [0.3, 0.4) is 0 Å². The summed E-state index contributed by atoms with van der Waals surface area (Å²) >= 11 is 0. The third-order valence-electron chi connectivity index (χ3n) is 5.33. The maximum absolute atomic E-state index is 6.69. The quantitative estimate of drug-likeness (QED) is 0.905. The van der Waals surface area contributed by atoms with Gasteiger partial charge in [-0.1, -0.05) is 54.6 Å². The first-order valence-corrected chi connectivity index (χ1v) is 8.81. The fraction of sp³-hybridized carbons (Fsp3) is 0.429. The zero-order valence-electron chi connectivity index (χ0n) is 13.7. The Labute approximate surface area is 138 Å². The van der Waals surface area contributed by atoms with Crippen LogP contribution in [0.25, 0.3) is 0 Å². The van der Waals surface area contributed by atoms with Gasteiger partial charge >= 0.3 is 0 Å². The number of nitrogens with one attached hydrogen (secondary N) is 1. The summed E-state index contributed by atoms with van der Waals surface area (Å²) in [4.78, 5) is 0. The van der Waals surface area contributed by atoms with Crippen LogP contribution in [-0.4, -0.2) is 18.2 Å². The molecule has 0 amide bonds. The van der Waals surface area contributed by atoms with E-state index in [9.17, 15) is 0 Å². The Balaban J connectivity index is 1.62. The minimum Gasteiger partial charge on any atom is -0.365 e. The Morgan fingerprint density at radius 3 is 2.26 bits per heavy atom. The van der Waals surface area contributed by atoms with Crippen molar-refractivity contribution in [2.45, 2.75) is 56.9 Å². The topological polar surface area (TPSA) is 21.3 Å². The molecule has 2 fully saturated rings. The van der Waals surface area contributed by atoms with Crippen molar-refractivity contribution >= 4 is 0 Å². The zero-order chi connectivity index (χ0) is 15.6. The molecule has 0 aliphatic carbocycles. The van der Waals surface area contributed by atoms with Crippen LogP contribution in [0, 0.1) is 6.92 Å². The van der Waals surface area contributed by atoms with Crippen LogP contribution < -0.4 is 5.32 Å². The van der Waals surface area contributed by atoms with Gasteiger partial charge in [-0.2, -0.15) is 0 Å². The van der Waals surface area contributed by atoms with Crippen molar-refractivity contribution < 1.29 is 4.74 Å². The summed E-state index contributed by atoms with van der Waals surface area (Å²) < 4.78 is 6.69. The van der Waals surface area contributed by atoms with Crippen LogP contribution >= 0.6 is 0 Å². The fourth-order valence-electron chi connectivity index (χ4n) is 4.15. The van der Waals surface area contributed by atoms with Crippen molar-refractivity contribution in [2.75, 3.05) is 0 Å². The molecule has 2 heterocycles. The highest BCUT2D eigenvalue weighted by molar-refractivity contribution is 5.35. The molecule has 4 atom stereocenters. The van der Waals surface area contributed by atoms with Crippen molar-refractivity contribution in [1.29, 1.82) is 0 Å². The molecule has 23 heavy (non-hydrogen) atoms. The van der Waals surface area contributed by atoms with Gasteiger partial charge in [-0.25, -0.2) is 0 Å². The monoisotopic (exact) mass is 307 g/mol. The second-order valence-electron chi connectivity index (χ2n) is 7.01. The van der Waals surface area contributed by atoms with Gasteiger partial charge in [0, 0.05) is 12.1 Å². The van der Waals surface area contributed by atoms with Crippen molar-refractivity contribution in [2.24, 2.45) is 0 Å². The van der Waals surface area contributed by atoms with Crippen LogP contribution in [-0.2, 0) is 4.74 Å². The minimum absolute atomic E-state index is 0.0416. The molecule has 2 aromatic carbocycles. The Kier molecular flexibility index (Phi) is 4.19. The summed E-state index contributed by atoms with van der Waals surface area (Å²) in [6, 6.07) is 20.6. The lowest BCUT2D eigenvalue weighted by atomic mass is 9.96. The van der Waals surface area contributed by atoms with E-state index in [1.807, 2.05) is 0 Å². The van der Waals surface area contributed by atoms with Crippen LogP contribution in [0.4, 0.5) is 0 Å². The van der Waals surface area contributed by atoms with Gasteiger partial charge in [0.25, 0.3) is 0 Å². The van der Waals surface area contributed by atoms with Gasteiger partial charge in [0.2, 0.25) is 0 Å². The first-order chi connectivity index (χ1) is 11.3. The molecular weight excluding hydrogens is 282 g/mol. The lowest BCUT2D eigenvalue weighted by Crippen LogP contribution is -2.41. The maximum atomic E-state index is 6.69. The molecule has 0 saturated carbocycles. The van der Waals surface area contributed by atoms with E-state index in [1.165, 1.54) is 29.5 Å². The fourth-order valence-corrected chi connectivity index (χ4v) is 4.15. The average Bonchev–Trinajstić information content (AvgIpc) is 2.93. The summed E-state index contributed by atoms with van der Waals surface area (Å²) in [5, 5.41) is 3.70. The molecule has 2 bridgehead atoms. The van der Waals surface area contributed by atoms with Gasteiger partial charge in [0.05, 0.1) is 6.10 Å². The van der Waals surface area contributed by atoms with Crippen molar-refractivity contribution in [3.63, 3.8) is 0 Å². The van der Waals surface area contributed by atoms with Gasteiger partial charge in [-0.05, 0) is 49.3 Å². The number of ether oxygens (including phenoxy) is 1. The van der Waals surface area contributed by atoms with E-state index in [0.29, 0.717) is 18.2 Å². The molecule has 2 aromatic rings. The van der Waals surface area contributed by atoms with E-state index in [1.54, 1.807) is 0 Å². The molecule has 2 saturated heterocycles. The summed E-state index contributed by atoms with van der Waals surface area (Å²) in [5.41, 5.74) is 3.86. The van der Waals surface area contributed by atoms with Gasteiger partial charge in [0.1, 0.15) is 6.10 Å². The number of hydrogen-bond acceptors (Lipinski definition) is 2. The largest absolute Gasteiger partial charge is 0.365 e. The van der Waals surface area contributed by atoms with Crippen molar-refractivity contribution in [3.8, 4) is 0 Å². The van der Waals surface area contributed by atoms with E-state index in [2.05, 4.69) is 66.8 Å². The molecule has 4 rings (SSSR count). The molecule has 2 unspecified atom stereocenters. The summed E-state index contributed by atoms with van der Waals surface area (Å²) in [6.07, 6.45) is 5.31. The maximum Gasteiger partial charge on any atom is 0.108 e. The van der Waals surface area contributed by atoms with E-state index in [0.717, 1.165) is 12.8 Å². The first kappa shape index (κ1) is 14.9. The van der Waals surface area contributed by atoms with Crippen LogP contribution in [0.1, 0.15) is 48.5 Å². The number of piperidine rings is 1. The predicted molar refractivity (Wildman–Crippen MR) is 93.5 cm³/mol. The van der Waals surface area contributed by atoms with Gasteiger partial charge in [0.15, 0.2) is 0 Å². The van der Waals surface area contributed by atoms with Gasteiger partial charge < -0.3 is 10.1 Å². The molecule has 0 aromatic heterocycles. The van der Waals surface area contributed by atoms with E-state index < -0.39 is 0 Å². The number of benzene rings is 2. The first-order valence-electron chi connectivity index (χ1n) is 8.81. The predicted octanol–water partition coefficient (Wildman–Crippen LogP) is 4.38. The second kappa shape index (κ2) is 6.46. The number of rotatable bonds is 4. The van der Waals surface area contributed by atoms with Crippen LogP contribution in [0.15, 0.2) is 54.6 Å². The lowest BCUT2D eigenvalue weighted by Gasteiger charge is -2.33. The second-order valence-corrected chi connectivity index (χ2v) is 7.01. The molecule has 0 radical (unpaired) electrons. The molecule has 2 aliphatic heterocycles. The SMILES string of the molecule is Cc1ccccc1C(OC1C[C@H]2CC[C@@H](C1)N2)c1ccccc1. The van der Waals surface area contributed by atoms with E-state index in [-0.39, 0.29) is 6.10 Å². The molecular formula is C21H25NO. The van der Waals surface area contributed by atoms with Crippen molar-refractivity contribution in [1.82, 2.24) is 5.32 Å². The third-order valence-corrected chi connectivity index (χ3v) is 5.33. The van der Waals surface area contributed by atoms with Crippen LogP contribution in [0.5, 0.6) is 0 Å². The number of aryl methyl sites for hydroxylation is 1. The lowest BCUT2D eigenvalue weighted by molar-refractivity contribution is -0.0184. The highest BCUT2D eigenvalue weighted by atomic mass is 16.5. The van der Waals surface area contributed by atoms with E-state index >= 15 is 0 Å². The molecule has 2 heteroatoms. The van der Waals surface area contributed by atoms with Gasteiger partial charge in [-0.3, -0.25) is 0 Å². The standard InChI is InChI=1S/C21H25NO/c1-15-7-5-6-10-20(15)21(16-8-3-2-4-9-16)23-19-13-17-11-12-18(14-19)22-17/h2-10,17-19,21-22H,11-14H2,1H3/t17-,18+,19?,21?. The number of fused-ring (bicyclic) bond motifs is 2. The highest BCUT2D eigenvalue weighted by Gasteiger charge is 2.35. The smallest absolute Gasteiger partial charge is 0.108 e. The molecule has 2 aliphatic rings. The average molecular weight is 307 g/mol. The summed E-state index contributed by atoms with van der Waals surface area (Å²) in [6.45, 7) is 2.18. The number of hydrogen-bond donors (Lipinski definition) is 1. The molecule has 120 valence electrons. The Hall–Kier alpha value is -1.64. The normalized spacial score (nSPS) is 27.8.